The Kier molecular flexibility index (Phi) is 5.42. The van der Waals surface area contributed by atoms with E-state index in [0.717, 1.165) is 18.1 Å². The minimum absolute atomic E-state index is 0.0430. The van der Waals surface area contributed by atoms with Gasteiger partial charge in [0.15, 0.2) is 12.4 Å². The van der Waals surface area contributed by atoms with Gasteiger partial charge >= 0.3 is 5.97 Å². The van der Waals surface area contributed by atoms with E-state index in [9.17, 15) is 19.7 Å². The maximum absolute atomic E-state index is 12.0. The van der Waals surface area contributed by atoms with E-state index in [1.54, 1.807) is 19.1 Å². The summed E-state index contributed by atoms with van der Waals surface area (Å²) in [5, 5.41) is 10.9. The van der Waals surface area contributed by atoms with E-state index in [1.807, 2.05) is 19.1 Å². The van der Waals surface area contributed by atoms with Gasteiger partial charge < -0.3 is 4.74 Å². The van der Waals surface area contributed by atoms with Crippen molar-refractivity contribution in [2.45, 2.75) is 20.3 Å². The summed E-state index contributed by atoms with van der Waals surface area (Å²) in [7, 11) is 0. The number of nitro benzene ring substituents is 1. The van der Waals surface area contributed by atoms with Crippen molar-refractivity contribution < 1.29 is 19.2 Å². The minimum Gasteiger partial charge on any atom is -0.454 e. The van der Waals surface area contributed by atoms with Crippen LogP contribution in [0, 0.1) is 17.0 Å². The highest BCUT2D eigenvalue weighted by molar-refractivity contribution is 5.99. The monoisotopic (exact) mass is 327 g/mol. The average Bonchev–Trinajstić information content (AvgIpc) is 2.59. The molecule has 2 rings (SSSR count). The molecule has 0 unspecified atom stereocenters. The Morgan fingerprint density at radius 2 is 1.71 bits per heavy atom. The molecule has 0 fully saturated rings. The first-order chi connectivity index (χ1) is 11.4. The number of hydrogen-bond acceptors (Lipinski definition) is 5. The van der Waals surface area contributed by atoms with Crippen LogP contribution in [0.15, 0.2) is 42.5 Å². The number of esters is 1. The van der Waals surface area contributed by atoms with Gasteiger partial charge in [-0.2, -0.15) is 0 Å². The van der Waals surface area contributed by atoms with Gasteiger partial charge in [-0.15, -0.1) is 0 Å². The molecule has 0 radical (unpaired) electrons. The summed E-state index contributed by atoms with van der Waals surface area (Å²) in [6.07, 6.45) is 0.871. The summed E-state index contributed by atoms with van der Waals surface area (Å²) in [4.78, 5) is 34.3. The van der Waals surface area contributed by atoms with Crippen LogP contribution in [0.4, 0.5) is 5.69 Å². The molecule has 6 nitrogen and oxygen atoms in total. The third-order valence-electron chi connectivity index (χ3n) is 3.66. The maximum atomic E-state index is 12.0. The van der Waals surface area contributed by atoms with Gasteiger partial charge in [0.05, 0.1) is 10.5 Å². The van der Waals surface area contributed by atoms with Crippen LogP contribution < -0.4 is 0 Å². The van der Waals surface area contributed by atoms with E-state index in [0.29, 0.717) is 11.1 Å². The van der Waals surface area contributed by atoms with E-state index >= 15 is 0 Å². The molecule has 0 amide bonds. The summed E-state index contributed by atoms with van der Waals surface area (Å²) >= 11 is 0. The van der Waals surface area contributed by atoms with E-state index in [-0.39, 0.29) is 17.0 Å². The Balaban J connectivity index is 2.03. The molecule has 0 spiro atoms. The number of Topliss-reactive ketones (excluding diaryl/α,β-unsaturated/α-hetero) is 1. The van der Waals surface area contributed by atoms with Crippen LogP contribution in [0.2, 0.25) is 0 Å². The van der Waals surface area contributed by atoms with Gasteiger partial charge in [-0.05, 0) is 25.0 Å². The number of ether oxygens (including phenoxy) is 1. The minimum atomic E-state index is -0.767. The molecule has 0 aliphatic heterocycles. The van der Waals surface area contributed by atoms with E-state index < -0.39 is 17.5 Å². The third-order valence-corrected chi connectivity index (χ3v) is 3.66. The highest BCUT2D eigenvalue weighted by atomic mass is 16.6. The summed E-state index contributed by atoms with van der Waals surface area (Å²) < 4.78 is 4.96. The lowest BCUT2D eigenvalue weighted by atomic mass is 10.1. The Bertz CT molecular complexity index is 780. The normalized spacial score (nSPS) is 10.2. The second-order valence-corrected chi connectivity index (χ2v) is 5.31. The molecule has 24 heavy (non-hydrogen) atoms. The smallest absolute Gasteiger partial charge is 0.338 e. The van der Waals surface area contributed by atoms with E-state index in [1.165, 1.54) is 12.1 Å². The lowest BCUT2D eigenvalue weighted by Crippen LogP contribution is -2.14. The van der Waals surface area contributed by atoms with E-state index in [4.69, 9.17) is 4.74 Å². The summed E-state index contributed by atoms with van der Waals surface area (Å²) in [5.41, 5.74) is 1.89. The van der Waals surface area contributed by atoms with Crippen molar-refractivity contribution in [1.29, 1.82) is 0 Å². The van der Waals surface area contributed by atoms with Gasteiger partial charge in [0.25, 0.3) is 5.69 Å². The number of nitro groups is 1. The highest BCUT2D eigenvalue weighted by Crippen LogP contribution is 2.19. The average molecular weight is 327 g/mol. The van der Waals surface area contributed by atoms with Gasteiger partial charge in [-0.1, -0.05) is 37.3 Å². The van der Waals surface area contributed by atoms with Crippen LogP contribution in [0.1, 0.15) is 38.8 Å². The van der Waals surface area contributed by atoms with Crippen molar-refractivity contribution in [3.05, 3.63) is 74.8 Å². The van der Waals surface area contributed by atoms with E-state index in [2.05, 4.69) is 0 Å². The first kappa shape index (κ1) is 17.3. The Morgan fingerprint density at radius 3 is 2.29 bits per heavy atom. The van der Waals surface area contributed by atoms with Crippen molar-refractivity contribution in [3.63, 3.8) is 0 Å². The molecule has 0 aliphatic carbocycles. The van der Waals surface area contributed by atoms with Crippen LogP contribution >= 0.6 is 0 Å². The van der Waals surface area contributed by atoms with Crippen molar-refractivity contribution in [2.75, 3.05) is 6.61 Å². The number of rotatable bonds is 6. The molecular weight excluding hydrogens is 310 g/mol. The molecule has 2 aromatic carbocycles. The zero-order chi connectivity index (χ0) is 17.7. The molecule has 0 bridgehead atoms. The largest absolute Gasteiger partial charge is 0.454 e. The van der Waals surface area contributed by atoms with Crippen LogP contribution in [0.5, 0.6) is 0 Å². The number of carbonyl (C=O) groups is 2. The number of hydrogen-bond donors (Lipinski definition) is 0. The molecule has 0 atom stereocenters. The number of ketones is 1. The molecule has 0 N–H and O–H groups in total. The van der Waals surface area contributed by atoms with Gasteiger partial charge in [0.2, 0.25) is 0 Å². The predicted octanol–water partition coefficient (Wildman–Crippen LogP) is 3.51. The Labute approximate surface area is 139 Å². The molecule has 124 valence electrons. The molecule has 0 saturated heterocycles. The number of carbonyl (C=O) groups excluding carboxylic acids is 2. The van der Waals surface area contributed by atoms with Gasteiger partial charge in [0.1, 0.15) is 0 Å². The highest BCUT2D eigenvalue weighted by Gasteiger charge is 2.17. The predicted molar refractivity (Wildman–Crippen MR) is 88.3 cm³/mol. The quantitative estimate of drug-likeness (QED) is 0.351. The lowest BCUT2D eigenvalue weighted by Gasteiger charge is -2.06. The van der Waals surface area contributed by atoms with Crippen LogP contribution in [-0.2, 0) is 11.2 Å². The fourth-order valence-corrected chi connectivity index (χ4v) is 2.16. The topological polar surface area (TPSA) is 86.5 Å². The number of nitrogens with zero attached hydrogens (tertiary/aromatic N) is 1. The SMILES string of the molecule is CCc1ccc(C(=O)COC(=O)c2ccc(C)c([N+](=O)[O-])c2)cc1. The second-order valence-electron chi connectivity index (χ2n) is 5.31. The molecule has 0 aliphatic rings. The first-order valence-electron chi connectivity index (χ1n) is 7.46. The van der Waals surface area contributed by atoms with Crippen molar-refractivity contribution in [3.8, 4) is 0 Å². The summed E-state index contributed by atoms with van der Waals surface area (Å²) in [5.74, 6) is -1.09. The number of aryl methyl sites for hydroxylation is 2. The Hall–Kier alpha value is -3.02. The van der Waals surface area contributed by atoms with Crippen molar-refractivity contribution >= 4 is 17.4 Å². The van der Waals surface area contributed by atoms with Crippen molar-refractivity contribution in [1.82, 2.24) is 0 Å². The number of benzene rings is 2. The molecule has 0 aromatic heterocycles. The molecule has 0 heterocycles. The maximum Gasteiger partial charge on any atom is 0.338 e. The molecular formula is C18H17NO5. The van der Waals surface area contributed by atoms with Crippen LogP contribution in [0.25, 0.3) is 0 Å². The second kappa shape index (κ2) is 7.50. The standard InChI is InChI=1S/C18H17NO5/c1-3-13-5-8-14(9-6-13)17(20)11-24-18(21)15-7-4-12(2)16(10-15)19(22)23/h4-10H,3,11H2,1-2H3. The van der Waals surface area contributed by atoms with Crippen LogP contribution in [0.3, 0.4) is 0 Å². The fourth-order valence-electron chi connectivity index (χ4n) is 2.16. The van der Waals surface area contributed by atoms with Crippen molar-refractivity contribution in [2.24, 2.45) is 0 Å². The third kappa shape index (κ3) is 4.04. The van der Waals surface area contributed by atoms with Gasteiger partial charge in [-0.25, -0.2) is 4.79 Å². The zero-order valence-electron chi connectivity index (χ0n) is 13.4. The lowest BCUT2D eigenvalue weighted by molar-refractivity contribution is -0.385. The summed E-state index contributed by atoms with van der Waals surface area (Å²) in [6.45, 7) is 3.18. The first-order valence-corrected chi connectivity index (χ1v) is 7.46. The molecule has 6 heteroatoms. The fraction of sp³-hybridized carbons (Fsp3) is 0.222. The molecule has 0 saturated carbocycles. The van der Waals surface area contributed by atoms with Gasteiger partial charge in [0, 0.05) is 17.2 Å². The Morgan fingerprint density at radius 1 is 1.08 bits per heavy atom. The molecule has 2 aromatic rings. The zero-order valence-corrected chi connectivity index (χ0v) is 13.4. The van der Waals surface area contributed by atoms with Gasteiger partial charge in [-0.3, -0.25) is 14.9 Å². The summed E-state index contributed by atoms with van der Waals surface area (Å²) in [6, 6.07) is 11.1. The van der Waals surface area contributed by atoms with Crippen LogP contribution in [-0.4, -0.2) is 23.3 Å².